The van der Waals surface area contributed by atoms with Gasteiger partial charge in [0.25, 0.3) is 0 Å². The first-order chi connectivity index (χ1) is 14.0. The molecule has 1 saturated heterocycles. The molecule has 0 N–H and O–H groups in total. The highest BCUT2D eigenvalue weighted by Gasteiger charge is 2.72. The van der Waals surface area contributed by atoms with Gasteiger partial charge in [-0.3, -0.25) is 14.4 Å². The molecule has 4 fully saturated rings. The largest absolute Gasteiger partial charge is 0.458 e. The zero-order chi connectivity index (χ0) is 21.5. The predicted molar refractivity (Wildman–Crippen MR) is 117 cm³/mol. The molecule has 0 aromatic heterocycles. The Morgan fingerprint density at radius 2 is 1.77 bits per heavy atom. The molecule has 0 aromatic carbocycles. The SMILES string of the molecule is CC(=O)S[C@@H]1CC2=CC(=O)CC[C@]2(C)[C@H]2CC[C@@]3(C)[C@@H](CC[C@@]34CCC(=O)O4)[C@]12C. The lowest BCUT2D eigenvalue weighted by atomic mass is 9.40. The van der Waals surface area contributed by atoms with Crippen LogP contribution in [0.3, 0.4) is 0 Å². The van der Waals surface area contributed by atoms with Crippen LogP contribution in [0.5, 0.6) is 0 Å². The predicted octanol–water partition coefficient (Wildman–Crippen LogP) is 5.24. The van der Waals surface area contributed by atoms with E-state index in [0.29, 0.717) is 24.7 Å². The Bertz CT molecular complexity index is 863. The number of hydrogen-bond donors (Lipinski definition) is 0. The van der Waals surface area contributed by atoms with Gasteiger partial charge in [-0.15, -0.1) is 0 Å². The molecular weight excluding hydrogens is 396 g/mol. The molecule has 4 nitrogen and oxygen atoms in total. The first kappa shape index (κ1) is 20.8. The van der Waals surface area contributed by atoms with Gasteiger partial charge in [-0.05, 0) is 73.7 Å². The Hall–Kier alpha value is -1.10. The van der Waals surface area contributed by atoms with Gasteiger partial charge in [0, 0.05) is 30.4 Å². The summed E-state index contributed by atoms with van der Waals surface area (Å²) in [5.74, 6) is 1.10. The zero-order valence-corrected chi connectivity index (χ0v) is 19.5. The van der Waals surface area contributed by atoms with E-state index in [1.807, 2.05) is 6.08 Å². The van der Waals surface area contributed by atoms with Crippen molar-refractivity contribution < 1.29 is 19.1 Å². The van der Waals surface area contributed by atoms with Crippen LogP contribution in [-0.2, 0) is 19.1 Å². The van der Waals surface area contributed by atoms with Crippen molar-refractivity contribution in [3.8, 4) is 0 Å². The molecule has 3 saturated carbocycles. The highest BCUT2D eigenvalue weighted by atomic mass is 32.2. The van der Waals surface area contributed by atoms with E-state index < -0.39 is 0 Å². The Morgan fingerprint density at radius 3 is 2.43 bits per heavy atom. The van der Waals surface area contributed by atoms with Crippen LogP contribution in [0.2, 0.25) is 0 Å². The van der Waals surface area contributed by atoms with Gasteiger partial charge in [0.2, 0.25) is 0 Å². The van der Waals surface area contributed by atoms with Gasteiger partial charge < -0.3 is 4.74 Å². The van der Waals surface area contributed by atoms with E-state index in [2.05, 4.69) is 20.8 Å². The van der Waals surface area contributed by atoms with Gasteiger partial charge in [-0.2, -0.15) is 0 Å². The highest BCUT2D eigenvalue weighted by Crippen LogP contribution is 2.75. The molecule has 5 aliphatic rings. The summed E-state index contributed by atoms with van der Waals surface area (Å²) in [6, 6.07) is 0. The number of carbonyl (C=O) groups is 3. The fourth-order valence-corrected chi connectivity index (χ4v) is 10.1. The number of rotatable bonds is 1. The number of ketones is 1. The minimum atomic E-state index is -0.312. The van der Waals surface area contributed by atoms with Gasteiger partial charge in [-0.1, -0.05) is 38.1 Å². The summed E-state index contributed by atoms with van der Waals surface area (Å²) in [5.41, 5.74) is 0.980. The molecule has 164 valence electrons. The molecular formula is C25H34O4S. The number of allylic oxidation sites excluding steroid dienone is 1. The van der Waals surface area contributed by atoms with Crippen molar-refractivity contribution in [3.63, 3.8) is 0 Å². The fraction of sp³-hybridized carbons (Fsp3) is 0.800. The lowest BCUT2D eigenvalue weighted by Crippen LogP contribution is -2.63. The monoisotopic (exact) mass is 430 g/mol. The minimum Gasteiger partial charge on any atom is -0.458 e. The lowest BCUT2D eigenvalue weighted by Gasteiger charge is -2.66. The molecule has 1 spiro atoms. The lowest BCUT2D eigenvalue weighted by molar-refractivity contribution is -0.179. The van der Waals surface area contributed by atoms with Crippen LogP contribution >= 0.6 is 11.8 Å². The van der Waals surface area contributed by atoms with Gasteiger partial charge in [0.15, 0.2) is 10.9 Å². The summed E-state index contributed by atoms with van der Waals surface area (Å²) in [7, 11) is 0. The van der Waals surface area contributed by atoms with E-state index in [1.165, 1.54) is 17.3 Å². The molecule has 5 rings (SSSR count). The Labute approximate surface area is 184 Å². The molecule has 1 heterocycles. The smallest absolute Gasteiger partial charge is 0.306 e. The van der Waals surface area contributed by atoms with Crippen molar-refractivity contribution >= 4 is 28.6 Å². The first-order valence-corrected chi connectivity index (χ1v) is 12.6. The summed E-state index contributed by atoms with van der Waals surface area (Å²) in [5, 5.41) is 0.348. The van der Waals surface area contributed by atoms with Crippen LogP contribution in [0.25, 0.3) is 0 Å². The number of hydrogen-bond acceptors (Lipinski definition) is 5. The Morgan fingerprint density at radius 1 is 1.03 bits per heavy atom. The van der Waals surface area contributed by atoms with Gasteiger partial charge in [-0.25, -0.2) is 0 Å². The van der Waals surface area contributed by atoms with Crippen molar-refractivity contribution in [2.24, 2.45) is 28.1 Å². The summed E-state index contributed by atoms with van der Waals surface area (Å²) >= 11 is 1.50. The molecule has 5 heteroatoms. The maximum Gasteiger partial charge on any atom is 0.306 e. The zero-order valence-electron chi connectivity index (χ0n) is 18.7. The third-order valence-electron chi connectivity index (χ3n) is 10.3. The topological polar surface area (TPSA) is 60.4 Å². The van der Waals surface area contributed by atoms with E-state index in [9.17, 15) is 14.4 Å². The van der Waals surface area contributed by atoms with Crippen molar-refractivity contribution in [1.29, 1.82) is 0 Å². The average Bonchev–Trinajstić information content (AvgIpc) is 3.18. The van der Waals surface area contributed by atoms with Crippen LogP contribution in [0, 0.1) is 28.1 Å². The maximum atomic E-state index is 12.3. The molecule has 0 amide bonds. The van der Waals surface area contributed by atoms with Crippen LogP contribution in [0.4, 0.5) is 0 Å². The number of thioether (sulfide) groups is 1. The van der Waals surface area contributed by atoms with E-state index in [0.717, 1.165) is 44.9 Å². The fourth-order valence-electron chi connectivity index (χ4n) is 8.81. The first-order valence-electron chi connectivity index (χ1n) is 11.7. The average molecular weight is 431 g/mol. The van der Waals surface area contributed by atoms with Crippen molar-refractivity contribution in [1.82, 2.24) is 0 Å². The van der Waals surface area contributed by atoms with Crippen LogP contribution in [-0.4, -0.2) is 27.7 Å². The number of esters is 1. The summed E-state index contributed by atoms with van der Waals surface area (Å²) in [4.78, 5) is 36.7. The molecule has 0 bridgehead atoms. The minimum absolute atomic E-state index is 0.00564. The van der Waals surface area contributed by atoms with Gasteiger partial charge in [0.05, 0.1) is 0 Å². The van der Waals surface area contributed by atoms with E-state index >= 15 is 0 Å². The standard InChI is InChI=1S/C25H34O4S/c1-15(26)30-20-14-16-13-17(27)5-9-22(16,2)18-6-10-23(3)19(24(18,20)4)7-11-25(23)12-8-21(28)29-25/h13,18-20H,5-12,14H2,1-4H3/t18-,19-,20-,22+,23+,24-,25-/m1/s1. The second-order valence-corrected chi connectivity index (χ2v) is 12.7. The quantitative estimate of drug-likeness (QED) is 0.532. The summed E-state index contributed by atoms with van der Waals surface area (Å²) < 4.78 is 6.10. The van der Waals surface area contributed by atoms with Crippen LogP contribution in [0.15, 0.2) is 11.6 Å². The van der Waals surface area contributed by atoms with Crippen molar-refractivity contribution in [3.05, 3.63) is 11.6 Å². The van der Waals surface area contributed by atoms with E-state index in [1.54, 1.807) is 6.92 Å². The Balaban J connectivity index is 1.61. The second-order valence-electron chi connectivity index (χ2n) is 11.3. The number of ether oxygens (including phenoxy) is 1. The molecule has 0 unspecified atom stereocenters. The van der Waals surface area contributed by atoms with Gasteiger partial charge in [0.1, 0.15) is 5.60 Å². The number of carbonyl (C=O) groups excluding carboxylic acids is 3. The third-order valence-corrected chi connectivity index (χ3v) is 11.6. The van der Waals surface area contributed by atoms with Gasteiger partial charge >= 0.3 is 5.97 Å². The Kier molecular flexibility index (Phi) is 4.48. The highest BCUT2D eigenvalue weighted by molar-refractivity contribution is 8.14. The number of fused-ring (bicyclic) bond motifs is 6. The van der Waals surface area contributed by atoms with E-state index in [-0.39, 0.29) is 44.0 Å². The van der Waals surface area contributed by atoms with Crippen molar-refractivity contribution in [2.75, 3.05) is 0 Å². The maximum absolute atomic E-state index is 12.3. The third kappa shape index (κ3) is 2.50. The van der Waals surface area contributed by atoms with Crippen LogP contribution in [0.1, 0.15) is 85.5 Å². The normalized spacial score (nSPS) is 49.9. The second kappa shape index (κ2) is 6.46. The molecule has 4 aliphatic carbocycles. The molecule has 30 heavy (non-hydrogen) atoms. The summed E-state index contributed by atoms with van der Waals surface area (Å²) in [6.45, 7) is 8.87. The molecule has 0 aromatic rings. The molecule has 7 atom stereocenters. The van der Waals surface area contributed by atoms with Crippen molar-refractivity contribution in [2.45, 2.75) is 96.3 Å². The van der Waals surface area contributed by atoms with E-state index in [4.69, 9.17) is 4.74 Å². The molecule has 0 radical (unpaired) electrons. The molecule has 1 aliphatic heterocycles. The van der Waals surface area contributed by atoms with Crippen LogP contribution < -0.4 is 0 Å². The summed E-state index contributed by atoms with van der Waals surface area (Å²) in [6.07, 6.45) is 9.89.